The van der Waals surface area contributed by atoms with Crippen molar-refractivity contribution in [3.05, 3.63) is 24.1 Å². The standard InChI is InChI=1S/C13H17ClN2O2/c1-2-3-13-16-11-5-4-9(6-12(11)18-13)15-8-10(17)7-14/h4-6,10,15,17H,2-3,7-8H2,1H3. The molecule has 2 rings (SSSR count). The molecule has 1 aromatic heterocycles. The maximum Gasteiger partial charge on any atom is 0.195 e. The number of nitrogens with one attached hydrogen (secondary N) is 1. The Bertz CT molecular complexity index is 513. The number of rotatable bonds is 6. The Kier molecular flexibility index (Phi) is 4.44. The van der Waals surface area contributed by atoms with E-state index in [2.05, 4.69) is 17.2 Å². The van der Waals surface area contributed by atoms with Crippen LogP contribution in [0.5, 0.6) is 0 Å². The molecular formula is C13H17ClN2O2. The van der Waals surface area contributed by atoms with Crippen LogP contribution >= 0.6 is 11.6 Å². The van der Waals surface area contributed by atoms with Gasteiger partial charge >= 0.3 is 0 Å². The molecule has 2 N–H and O–H groups in total. The quantitative estimate of drug-likeness (QED) is 0.791. The molecule has 0 amide bonds. The Labute approximate surface area is 111 Å². The third-order valence-electron chi connectivity index (χ3n) is 2.62. The van der Waals surface area contributed by atoms with Crippen molar-refractivity contribution in [2.24, 2.45) is 0 Å². The first-order chi connectivity index (χ1) is 8.72. The molecule has 0 radical (unpaired) electrons. The summed E-state index contributed by atoms with van der Waals surface area (Å²) in [6.45, 7) is 2.51. The van der Waals surface area contributed by atoms with Crippen molar-refractivity contribution in [1.82, 2.24) is 4.98 Å². The van der Waals surface area contributed by atoms with Crippen molar-refractivity contribution in [3.8, 4) is 0 Å². The molecule has 0 saturated carbocycles. The first-order valence-electron chi connectivity index (χ1n) is 6.10. The molecule has 1 heterocycles. The third kappa shape index (κ3) is 3.15. The van der Waals surface area contributed by atoms with Crippen LogP contribution in [-0.4, -0.2) is 28.6 Å². The predicted molar refractivity (Wildman–Crippen MR) is 73.2 cm³/mol. The number of anilines is 1. The average Bonchev–Trinajstić information content (AvgIpc) is 2.77. The van der Waals surface area contributed by atoms with E-state index in [1.165, 1.54) is 0 Å². The van der Waals surface area contributed by atoms with Crippen LogP contribution in [-0.2, 0) is 6.42 Å². The Hall–Kier alpha value is -1.26. The summed E-state index contributed by atoms with van der Waals surface area (Å²) in [7, 11) is 0. The molecule has 0 aliphatic rings. The highest BCUT2D eigenvalue weighted by molar-refractivity contribution is 6.18. The lowest BCUT2D eigenvalue weighted by atomic mass is 10.2. The minimum absolute atomic E-state index is 0.220. The van der Waals surface area contributed by atoms with Crippen molar-refractivity contribution >= 4 is 28.4 Å². The topological polar surface area (TPSA) is 58.3 Å². The second kappa shape index (κ2) is 6.07. The fourth-order valence-corrected chi connectivity index (χ4v) is 1.80. The molecule has 1 atom stereocenters. The number of aliphatic hydroxyl groups excluding tert-OH is 1. The van der Waals surface area contributed by atoms with Crippen molar-refractivity contribution in [2.75, 3.05) is 17.7 Å². The molecule has 0 spiro atoms. The SMILES string of the molecule is CCCc1nc2ccc(NCC(O)CCl)cc2o1. The number of alkyl halides is 1. The van der Waals surface area contributed by atoms with E-state index in [0.29, 0.717) is 6.54 Å². The normalized spacial score (nSPS) is 12.8. The van der Waals surface area contributed by atoms with E-state index in [0.717, 1.165) is 35.5 Å². The van der Waals surface area contributed by atoms with Gasteiger partial charge in [-0.05, 0) is 18.6 Å². The predicted octanol–water partition coefficient (Wildman–Crippen LogP) is 2.79. The van der Waals surface area contributed by atoms with E-state index in [4.69, 9.17) is 16.0 Å². The second-order valence-corrected chi connectivity index (χ2v) is 4.54. The molecule has 0 fully saturated rings. The molecule has 0 aliphatic heterocycles. The number of aromatic nitrogens is 1. The third-order valence-corrected chi connectivity index (χ3v) is 2.97. The van der Waals surface area contributed by atoms with Gasteiger partial charge < -0.3 is 14.8 Å². The number of fused-ring (bicyclic) bond motifs is 1. The minimum Gasteiger partial charge on any atom is -0.441 e. The highest BCUT2D eigenvalue weighted by atomic mass is 35.5. The molecule has 5 heteroatoms. The van der Waals surface area contributed by atoms with Gasteiger partial charge in [-0.25, -0.2) is 4.98 Å². The van der Waals surface area contributed by atoms with Crippen LogP contribution in [0.1, 0.15) is 19.2 Å². The minimum atomic E-state index is -0.548. The summed E-state index contributed by atoms with van der Waals surface area (Å²) < 4.78 is 5.64. The summed E-state index contributed by atoms with van der Waals surface area (Å²) in [5.41, 5.74) is 2.52. The van der Waals surface area contributed by atoms with Gasteiger partial charge in [0.25, 0.3) is 0 Å². The molecule has 0 bridgehead atoms. The maximum atomic E-state index is 9.38. The maximum absolute atomic E-state index is 9.38. The Morgan fingerprint density at radius 1 is 1.50 bits per heavy atom. The molecule has 98 valence electrons. The number of oxazole rings is 1. The number of halogens is 1. The lowest BCUT2D eigenvalue weighted by molar-refractivity contribution is 0.211. The van der Waals surface area contributed by atoms with Gasteiger partial charge in [0.15, 0.2) is 11.5 Å². The van der Waals surface area contributed by atoms with Crippen LogP contribution in [0.3, 0.4) is 0 Å². The highest BCUT2D eigenvalue weighted by Crippen LogP contribution is 2.20. The van der Waals surface area contributed by atoms with Gasteiger partial charge in [-0.1, -0.05) is 6.92 Å². The van der Waals surface area contributed by atoms with Gasteiger partial charge in [0, 0.05) is 24.7 Å². The Balaban J connectivity index is 2.11. The summed E-state index contributed by atoms with van der Waals surface area (Å²) in [4.78, 5) is 4.39. The lowest BCUT2D eigenvalue weighted by Gasteiger charge is -2.09. The largest absolute Gasteiger partial charge is 0.441 e. The molecule has 4 nitrogen and oxygen atoms in total. The number of nitrogens with zero attached hydrogens (tertiary/aromatic N) is 1. The van der Waals surface area contributed by atoms with Gasteiger partial charge in [-0.2, -0.15) is 0 Å². The zero-order chi connectivity index (χ0) is 13.0. The van der Waals surface area contributed by atoms with Crippen LogP contribution in [0, 0.1) is 0 Å². The van der Waals surface area contributed by atoms with E-state index in [9.17, 15) is 5.11 Å². The Morgan fingerprint density at radius 3 is 3.06 bits per heavy atom. The summed E-state index contributed by atoms with van der Waals surface area (Å²) in [6, 6.07) is 5.72. The number of aryl methyl sites for hydroxylation is 1. The van der Waals surface area contributed by atoms with Crippen molar-refractivity contribution in [1.29, 1.82) is 0 Å². The fourth-order valence-electron chi connectivity index (χ4n) is 1.69. The molecule has 0 aliphatic carbocycles. The fraction of sp³-hybridized carbons (Fsp3) is 0.462. The second-order valence-electron chi connectivity index (χ2n) is 4.23. The van der Waals surface area contributed by atoms with Crippen LogP contribution in [0.25, 0.3) is 11.1 Å². The van der Waals surface area contributed by atoms with Crippen molar-refractivity contribution in [2.45, 2.75) is 25.9 Å². The molecule has 1 unspecified atom stereocenters. The molecular weight excluding hydrogens is 252 g/mol. The zero-order valence-corrected chi connectivity index (χ0v) is 11.1. The van der Waals surface area contributed by atoms with Crippen LogP contribution in [0.15, 0.2) is 22.6 Å². The van der Waals surface area contributed by atoms with Gasteiger partial charge in [0.1, 0.15) is 5.52 Å². The number of benzene rings is 1. The van der Waals surface area contributed by atoms with E-state index in [1.54, 1.807) is 0 Å². The van der Waals surface area contributed by atoms with Gasteiger partial charge in [-0.15, -0.1) is 11.6 Å². The lowest BCUT2D eigenvalue weighted by Crippen LogP contribution is -2.20. The number of aliphatic hydroxyl groups is 1. The van der Waals surface area contributed by atoms with Crippen molar-refractivity contribution in [3.63, 3.8) is 0 Å². The zero-order valence-electron chi connectivity index (χ0n) is 10.3. The van der Waals surface area contributed by atoms with Crippen LogP contribution < -0.4 is 5.32 Å². The van der Waals surface area contributed by atoms with Crippen LogP contribution in [0.4, 0.5) is 5.69 Å². The monoisotopic (exact) mass is 268 g/mol. The Morgan fingerprint density at radius 2 is 2.33 bits per heavy atom. The molecule has 2 aromatic rings. The first-order valence-corrected chi connectivity index (χ1v) is 6.63. The summed E-state index contributed by atoms with van der Waals surface area (Å²) in [5.74, 6) is 0.989. The first kappa shape index (κ1) is 13.2. The van der Waals surface area contributed by atoms with E-state index >= 15 is 0 Å². The average molecular weight is 269 g/mol. The van der Waals surface area contributed by atoms with E-state index in [1.807, 2.05) is 18.2 Å². The summed E-state index contributed by atoms with van der Waals surface area (Å²) in [6.07, 6.45) is 1.31. The smallest absolute Gasteiger partial charge is 0.195 e. The number of hydrogen-bond donors (Lipinski definition) is 2. The molecule has 0 saturated heterocycles. The van der Waals surface area contributed by atoms with Gasteiger partial charge in [-0.3, -0.25) is 0 Å². The highest BCUT2D eigenvalue weighted by Gasteiger charge is 2.06. The summed E-state index contributed by atoms with van der Waals surface area (Å²) in [5, 5.41) is 12.5. The van der Waals surface area contributed by atoms with Crippen molar-refractivity contribution < 1.29 is 9.52 Å². The molecule has 1 aromatic carbocycles. The van der Waals surface area contributed by atoms with E-state index in [-0.39, 0.29) is 5.88 Å². The van der Waals surface area contributed by atoms with E-state index < -0.39 is 6.10 Å². The summed E-state index contributed by atoms with van der Waals surface area (Å²) >= 11 is 5.53. The van der Waals surface area contributed by atoms with Crippen LogP contribution in [0.2, 0.25) is 0 Å². The number of hydrogen-bond acceptors (Lipinski definition) is 4. The van der Waals surface area contributed by atoms with Gasteiger partial charge in [0.2, 0.25) is 0 Å². The molecule has 18 heavy (non-hydrogen) atoms. The van der Waals surface area contributed by atoms with Gasteiger partial charge in [0.05, 0.1) is 12.0 Å².